The van der Waals surface area contributed by atoms with E-state index in [2.05, 4.69) is 17.3 Å². The van der Waals surface area contributed by atoms with Crippen LogP contribution in [0.15, 0.2) is 36.4 Å². The van der Waals surface area contributed by atoms with Crippen LogP contribution in [0.2, 0.25) is 0 Å². The van der Waals surface area contributed by atoms with E-state index in [0.29, 0.717) is 6.04 Å². The molecule has 1 N–H and O–H groups in total. The van der Waals surface area contributed by atoms with Crippen molar-refractivity contribution in [3.05, 3.63) is 47.7 Å². The van der Waals surface area contributed by atoms with Crippen LogP contribution in [0.4, 0.5) is 5.82 Å². The fourth-order valence-electron chi connectivity index (χ4n) is 3.51. The molecular formula is C19H25N3O. The second-order valence-electron chi connectivity index (χ2n) is 6.41. The van der Waals surface area contributed by atoms with E-state index in [9.17, 15) is 4.79 Å². The van der Waals surface area contributed by atoms with E-state index < -0.39 is 0 Å². The molecular weight excluding hydrogens is 286 g/mol. The molecule has 0 saturated heterocycles. The van der Waals surface area contributed by atoms with Gasteiger partial charge in [-0.1, -0.05) is 50.1 Å². The minimum atomic E-state index is -0.122. The van der Waals surface area contributed by atoms with Gasteiger partial charge in [0, 0.05) is 6.07 Å². The van der Waals surface area contributed by atoms with Crippen molar-refractivity contribution in [2.24, 2.45) is 0 Å². The van der Waals surface area contributed by atoms with E-state index in [1.54, 1.807) is 0 Å². The third-order valence-electron chi connectivity index (χ3n) is 4.71. The van der Waals surface area contributed by atoms with Gasteiger partial charge in [-0.3, -0.25) is 4.79 Å². The Kier molecular flexibility index (Phi) is 4.79. The first-order valence-corrected chi connectivity index (χ1v) is 8.61. The summed E-state index contributed by atoms with van der Waals surface area (Å²) < 4.78 is 2.03. The van der Waals surface area contributed by atoms with Crippen LogP contribution in [0.3, 0.4) is 0 Å². The second-order valence-corrected chi connectivity index (χ2v) is 6.41. The lowest BCUT2D eigenvalue weighted by molar-refractivity contribution is -0.117. The highest BCUT2D eigenvalue weighted by Gasteiger charge is 2.24. The Hall–Kier alpha value is -2.10. The van der Waals surface area contributed by atoms with Crippen LogP contribution >= 0.6 is 0 Å². The Labute approximate surface area is 137 Å². The molecule has 0 bridgehead atoms. The summed E-state index contributed by atoms with van der Waals surface area (Å²) in [6.45, 7) is 4.03. The van der Waals surface area contributed by atoms with Gasteiger partial charge >= 0.3 is 0 Å². The van der Waals surface area contributed by atoms with Gasteiger partial charge in [-0.15, -0.1) is 0 Å². The summed E-state index contributed by atoms with van der Waals surface area (Å²) in [7, 11) is 0. The highest BCUT2D eigenvalue weighted by molar-refractivity contribution is 5.95. The standard InChI is InChI=1S/C19H25N3O/c1-3-17(15-9-5-4-6-10-15)19(23)20-18-13-14(2)21-22(18)16-11-7-8-12-16/h4-6,9-10,13,16-17H,3,7-8,11-12H2,1-2H3,(H,20,23). The molecule has 0 aliphatic heterocycles. The molecule has 4 heteroatoms. The van der Waals surface area contributed by atoms with Crippen LogP contribution in [-0.4, -0.2) is 15.7 Å². The van der Waals surface area contributed by atoms with Crippen molar-refractivity contribution in [3.63, 3.8) is 0 Å². The summed E-state index contributed by atoms with van der Waals surface area (Å²) in [4.78, 5) is 12.8. The second kappa shape index (κ2) is 6.99. The Balaban J connectivity index is 1.79. The van der Waals surface area contributed by atoms with Crippen molar-refractivity contribution in [1.29, 1.82) is 0 Å². The molecule has 1 unspecified atom stereocenters. The zero-order valence-electron chi connectivity index (χ0n) is 14.0. The number of carbonyl (C=O) groups is 1. The number of hydrogen-bond donors (Lipinski definition) is 1. The van der Waals surface area contributed by atoms with Gasteiger partial charge in [0.05, 0.1) is 17.7 Å². The van der Waals surface area contributed by atoms with Crippen molar-refractivity contribution in [2.45, 2.75) is 57.9 Å². The van der Waals surface area contributed by atoms with Gasteiger partial charge in [-0.25, -0.2) is 4.68 Å². The number of nitrogens with one attached hydrogen (secondary N) is 1. The molecule has 23 heavy (non-hydrogen) atoms. The number of carbonyl (C=O) groups excluding carboxylic acids is 1. The number of amides is 1. The molecule has 1 aliphatic rings. The average Bonchev–Trinajstić information content (AvgIpc) is 3.18. The number of aromatic nitrogens is 2. The van der Waals surface area contributed by atoms with Crippen molar-refractivity contribution in [1.82, 2.24) is 9.78 Å². The summed E-state index contributed by atoms with van der Waals surface area (Å²) in [6, 6.07) is 12.4. The summed E-state index contributed by atoms with van der Waals surface area (Å²) in [5.41, 5.74) is 2.02. The van der Waals surface area contributed by atoms with E-state index in [4.69, 9.17) is 0 Å². The van der Waals surface area contributed by atoms with E-state index in [0.717, 1.165) is 36.3 Å². The molecule has 1 amide bonds. The molecule has 1 aromatic heterocycles. The lowest BCUT2D eigenvalue weighted by atomic mass is 9.96. The maximum atomic E-state index is 12.8. The first-order valence-electron chi connectivity index (χ1n) is 8.61. The molecule has 0 radical (unpaired) electrons. The molecule has 3 rings (SSSR count). The molecule has 1 aromatic carbocycles. The molecule has 0 spiro atoms. The number of hydrogen-bond acceptors (Lipinski definition) is 2. The first kappa shape index (κ1) is 15.8. The van der Waals surface area contributed by atoms with Crippen molar-refractivity contribution in [3.8, 4) is 0 Å². The highest BCUT2D eigenvalue weighted by atomic mass is 16.2. The zero-order valence-corrected chi connectivity index (χ0v) is 14.0. The van der Waals surface area contributed by atoms with Crippen LogP contribution in [0.25, 0.3) is 0 Å². The average molecular weight is 311 g/mol. The van der Waals surface area contributed by atoms with E-state index in [-0.39, 0.29) is 11.8 Å². The van der Waals surface area contributed by atoms with Gasteiger partial charge in [0.1, 0.15) is 5.82 Å². The third kappa shape index (κ3) is 3.46. The predicted octanol–water partition coefficient (Wildman–Crippen LogP) is 4.44. The fourth-order valence-corrected chi connectivity index (χ4v) is 3.51. The molecule has 1 saturated carbocycles. The predicted molar refractivity (Wildman–Crippen MR) is 92.6 cm³/mol. The molecule has 1 fully saturated rings. The van der Waals surface area contributed by atoms with Gasteiger partial charge in [-0.05, 0) is 31.7 Å². The minimum absolute atomic E-state index is 0.0536. The first-order chi connectivity index (χ1) is 11.2. The molecule has 1 aliphatic carbocycles. The zero-order chi connectivity index (χ0) is 16.2. The number of rotatable bonds is 5. The Bertz CT molecular complexity index is 657. The topological polar surface area (TPSA) is 46.9 Å². The summed E-state index contributed by atoms with van der Waals surface area (Å²) in [6.07, 6.45) is 5.59. The molecule has 1 atom stereocenters. The number of aryl methyl sites for hydroxylation is 1. The number of benzene rings is 1. The Morgan fingerprint density at radius 2 is 2.00 bits per heavy atom. The maximum Gasteiger partial charge on any atom is 0.233 e. The molecule has 122 valence electrons. The maximum absolute atomic E-state index is 12.8. The lowest BCUT2D eigenvalue weighted by Gasteiger charge is -2.18. The van der Waals surface area contributed by atoms with Crippen LogP contribution in [0.1, 0.15) is 62.2 Å². The van der Waals surface area contributed by atoms with Crippen LogP contribution in [0.5, 0.6) is 0 Å². The normalized spacial score (nSPS) is 16.4. The third-order valence-corrected chi connectivity index (χ3v) is 4.71. The van der Waals surface area contributed by atoms with Crippen LogP contribution in [-0.2, 0) is 4.79 Å². The quantitative estimate of drug-likeness (QED) is 0.887. The number of nitrogens with zero attached hydrogens (tertiary/aromatic N) is 2. The Morgan fingerprint density at radius 3 is 2.65 bits per heavy atom. The van der Waals surface area contributed by atoms with Crippen molar-refractivity contribution < 1.29 is 4.79 Å². The van der Waals surface area contributed by atoms with Gasteiger partial charge in [0.15, 0.2) is 0 Å². The summed E-state index contributed by atoms with van der Waals surface area (Å²) in [5, 5.41) is 7.72. The van der Waals surface area contributed by atoms with E-state index in [1.807, 2.05) is 48.0 Å². The lowest BCUT2D eigenvalue weighted by Crippen LogP contribution is -2.23. The highest BCUT2D eigenvalue weighted by Crippen LogP contribution is 2.32. The van der Waals surface area contributed by atoms with Crippen molar-refractivity contribution >= 4 is 11.7 Å². The van der Waals surface area contributed by atoms with E-state index in [1.165, 1.54) is 12.8 Å². The van der Waals surface area contributed by atoms with Gasteiger partial charge in [-0.2, -0.15) is 5.10 Å². The van der Waals surface area contributed by atoms with Gasteiger partial charge < -0.3 is 5.32 Å². The van der Waals surface area contributed by atoms with Crippen LogP contribution in [0, 0.1) is 6.92 Å². The fraction of sp³-hybridized carbons (Fsp3) is 0.474. The van der Waals surface area contributed by atoms with Gasteiger partial charge in [0.25, 0.3) is 0 Å². The summed E-state index contributed by atoms with van der Waals surface area (Å²) in [5.74, 6) is 0.773. The van der Waals surface area contributed by atoms with Gasteiger partial charge in [0.2, 0.25) is 5.91 Å². The largest absolute Gasteiger partial charge is 0.310 e. The molecule has 4 nitrogen and oxygen atoms in total. The smallest absolute Gasteiger partial charge is 0.233 e. The minimum Gasteiger partial charge on any atom is -0.310 e. The summed E-state index contributed by atoms with van der Waals surface area (Å²) >= 11 is 0. The van der Waals surface area contributed by atoms with Crippen LogP contribution < -0.4 is 5.32 Å². The number of anilines is 1. The monoisotopic (exact) mass is 311 g/mol. The Morgan fingerprint density at radius 1 is 1.30 bits per heavy atom. The van der Waals surface area contributed by atoms with E-state index >= 15 is 0 Å². The van der Waals surface area contributed by atoms with Crippen molar-refractivity contribution in [2.75, 3.05) is 5.32 Å². The molecule has 1 heterocycles. The molecule has 2 aromatic rings. The SMILES string of the molecule is CCC(C(=O)Nc1cc(C)nn1C1CCCC1)c1ccccc1.